The Morgan fingerprint density at radius 1 is 1.26 bits per heavy atom. The fourth-order valence-electron chi connectivity index (χ4n) is 2.47. The van der Waals surface area contributed by atoms with Crippen LogP contribution in [0.5, 0.6) is 5.75 Å². The average Bonchev–Trinajstić information content (AvgIpc) is 2.42. The molecule has 0 heterocycles. The third-order valence-corrected chi connectivity index (χ3v) is 4.86. The van der Waals surface area contributed by atoms with Crippen LogP contribution >= 0.6 is 11.8 Å². The molecule has 0 aromatic heterocycles. The number of rotatable bonds is 4. The van der Waals surface area contributed by atoms with Crippen LogP contribution in [0, 0.1) is 0 Å². The summed E-state index contributed by atoms with van der Waals surface area (Å²) in [6.45, 7) is 0. The number of hydrogen-bond donors (Lipinski definition) is 1. The van der Waals surface area contributed by atoms with E-state index in [1.165, 1.54) is 17.5 Å². The van der Waals surface area contributed by atoms with Gasteiger partial charge in [0.15, 0.2) is 0 Å². The van der Waals surface area contributed by atoms with Gasteiger partial charge in [-0.15, -0.1) is 11.8 Å². The fraction of sp³-hybridized carbons (Fsp3) is 0.250. The molecule has 2 N–H and O–H groups in total. The molecule has 0 saturated heterocycles. The first-order valence-electron chi connectivity index (χ1n) is 6.42. The van der Waals surface area contributed by atoms with Crippen LogP contribution in [0.15, 0.2) is 47.4 Å². The van der Waals surface area contributed by atoms with Crippen LogP contribution in [0.2, 0.25) is 0 Å². The highest BCUT2D eigenvalue weighted by atomic mass is 32.2. The highest BCUT2D eigenvalue weighted by Gasteiger charge is 2.25. The lowest BCUT2D eigenvalue weighted by Gasteiger charge is -2.29. The molecule has 2 nitrogen and oxygen atoms in total. The lowest BCUT2D eigenvalue weighted by molar-refractivity contribution is 0.414. The van der Waals surface area contributed by atoms with Gasteiger partial charge in [0.05, 0.1) is 7.11 Å². The van der Waals surface area contributed by atoms with Crippen LogP contribution in [0.4, 0.5) is 5.69 Å². The smallest absolute Gasteiger partial charge is 0.120 e. The molecule has 1 aliphatic carbocycles. The molecule has 0 aliphatic heterocycles. The summed E-state index contributed by atoms with van der Waals surface area (Å²) >= 11 is 1.82. The van der Waals surface area contributed by atoms with E-state index in [0.29, 0.717) is 5.92 Å². The van der Waals surface area contributed by atoms with E-state index < -0.39 is 0 Å². The van der Waals surface area contributed by atoms with Gasteiger partial charge in [0.25, 0.3) is 0 Å². The molecule has 3 heteroatoms. The van der Waals surface area contributed by atoms with E-state index in [0.717, 1.165) is 22.1 Å². The molecule has 2 aromatic carbocycles. The summed E-state index contributed by atoms with van der Waals surface area (Å²) in [7, 11) is 1.68. The second-order valence-electron chi connectivity index (χ2n) is 4.81. The van der Waals surface area contributed by atoms with Crippen molar-refractivity contribution < 1.29 is 4.74 Å². The van der Waals surface area contributed by atoms with Crippen LogP contribution in [0.25, 0.3) is 0 Å². The van der Waals surface area contributed by atoms with Gasteiger partial charge < -0.3 is 10.5 Å². The third-order valence-electron chi connectivity index (χ3n) is 3.62. The molecule has 1 unspecified atom stereocenters. The Morgan fingerprint density at radius 2 is 2.11 bits per heavy atom. The molecule has 0 spiro atoms. The summed E-state index contributed by atoms with van der Waals surface area (Å²) in [4.78, 5) is 1.11. The Kier molecular flexibility index (Phi) is 3.38. The zero-order chi connectivity index (χ0) is 13.2. The normalized spacial score (nSPS) is 16.6. The van der Waals surface area contributed by atoms with E-state index in [2.05, 4.69) is 24.3 Å². The molecule has 19 heavy (non-hydrogen) atoms. The molecule has 98 valence electrons. The number of anilines is 1. The summed E-state index contributed by atoms with van der Waals surface area (Å²) in [5, 5.41) is 0. The highest BCUT2D eigenvalue weighted by Crippen LogP contribution is 2.40. The van der Waals surface area contributed by atoms with Crippen molar-refractivity contribution in [1.82, 2.24) is 0 Å². The molecular formula is C16H17NOS. The van der Waals surface area contributed by atoms with E-state index in [1.54, 1.807) is 7.11 Å². The third kappa shape index (κ3) is 2.43. The first-order chi connectivity index (χ1) is 9.28. The molecule has 1 aliphatic rings. The molecular weight excluding hydrogens is 254 g/mol. The first kappa shape index (κ1) is 12.4. The van der Waals surface area contributed by atoms with Crippen molar-refractivity contribution >= 4 is 17.4 Å². The Morgan fingerprint density at radius 3 is 2.89 bits per heavy atom. The van der Waals surface area contributed by atoms with E-state index in [1.807, 2.05) is 30.0 Å². The second-order valence-corrected chi connectivity index (χ2v) is 5.88. The Labute approximate surface area is 118 Å². The largest absolute Gasteiger partial charge is 0.497 e. The first-order valence-corrected chi connectivity index (χ1v) is 7.40. The summed E-state index contributed by atoms with van der Waals surface area (Å²) in [6, 6.07) is 14.5. The number of nitrogens with two attached hydrogens (primary N) is 1. The Bertz CT molecular complexity index is 597. The van der Waals surface area contributed by atoms with Crippen molar-refractivity contribution in [3.63, 3.8) is 0 Å². The maximum atomic E-state index is 6.01. The van der Waals surface area contributed by atoms with E-state index in [4.69, 9.17) is 10.5 Å². The van der Waals surface area contributed by atoms with Crippen LogP contribution in [-0.2, 0) is 6.42 Å². The van der Waals surface area contributed by atoms with Gasteiger partial charge in [-0.3, -0.25) is 0 Å². The predicted octanol–water partition coefficient (Wildman–Crippen LogP) is 3.71. The molecule has 1 atom stereocenters. The van der Waals surface area contributed by atoms with Gasteiger partial charge in [-0.25, -0.2) is 0 Å². The van der Waals surface area contributed by atoms with E-state index in [-0.39, 0.29) is 0 Å². The predicted molar refractivity (Wildman–Crippen MR) is 81.0 cm³/mol. The lowest BCUT2D eigenvalue weighted by atomic mass is 9.79. The van der Waals surface area contributed by atoms with Gasteiger partial charge in [0.1, 0.15) is 5.75 Å². The number of ether oxygens (including phenoxy) is 1. The minimum atomic E-state index is 0.659. The molecule has 2 aromatic rings. The van der Waals surface area contributed by atoms with Crippen molar-refractivity contribution in [2.45, 2.75) is 17.2 Å². The monoisotopic (exact) mass is 271 g/mol. The van der Waals surface area contributed by atoms with Gasteiger partial charge in [-0.1, -0.05) is 24.3 Å². The molecule has 0 amide bonds. The van der Waals surface area contributed by atoms with Gasteiger partial charge in [0.2, 0.25) is 0 Å². The highest BCUT2D eigenvalue weighted by molar-refractivity contribution is 7.99. The minimum Gasteiger partial charge on any atom is -0.497 e. The van der Waals surface area contributed by atoms with E-state index >= 15 is 0 Å². The fourth-order valence-corrected chi connectivity index (χ4v) is 3.58. The number of hydrogen-bond acceptors (Lipinski definition) is 3. The Balaban J connectivity index is 1.68. The number of nitrogen functional groups attached to an aromatic ring is 1. The summed E-state index contributed by atoms with van der Waals surface area (Å²) in [6.07, 6.45) is 1.19. The molecule has 0 radical (unpaired) electrons. The van der Waals surface area contributed by atoms with Crippen LogP contribution in [0.1, 0.15) is 17.0 Å². The summed E-state index contributed by atoms with van der Waals surface area (Å²) in [5.41, 5.74) is 9.83. The summed E-state index contributed by atoms with van der Waals surface area (Å²) in [5.74, 6) is 2.60. The zero-order valence-corrected chi connectivity index (χ0v) is 11.7. The van der Waals surface area contributed by atoms with Crippen molar-refractivity contribution in [2.75, 3.05) is 18.6 Å². The van der Waals surface area contributed by atoms with Crippen LogP contribution in [-0.4, -0.2) is 12.9 Å². The van der Waals surface area contributed by atoms with E-state index in [9.17, 15) is 0 Å². The van der Waals surface area contributed by atoms with Crippen molar-refractivity contribution in [3.8, 4) is 5.75 Å². The topological polar surface area (TPSA) is 35.2 Å². The number of thioether (sulfide) groups is 1. The quantitative estimate of drug-likeness (QED) is 0.680. The van der Waals surface area contributed by atoms with Crippen molar-refractivity contribution in [2.24, 2.45) is 0 Å². The number of methoxy groups -OCH3 is 1. The van der Waals surface area contributed by atoms with Crippen molar-refractivity contribution in [3.05, 3.63) is 53.6 Å². The SMILES string of the molecule is COc1ccc(N)c(SCC2Cc3ccccc32)c1. The molecule has 0 saturated carbocycles. The maximum absolute atomic E-state index is 6.01. The van der Waals surface area contributed by atoms with Gasteiger partial charge >= 0.3 is 0 Å². The number of fused-ring (bicyclic) bond motifs is 1. The second kappa shape index (κ2) is 5.17. The average molecular weight is 271 g/mol. The van der Waals surface area contributed by atoms with Crippen LogP contribution in [0.3, 0.4) is 0 Å². The summed E-state index contributed by atoms with van der Waals surface area (Å²) < 4.78 is 5.24. The number of benzene rings is 2. The Hall–Kier alpha value is -1.61. The molecule has 0 fully saturated rings. The van der Waals surface area contributed by atoms with Crippen LogP contribution < -0.4 is 10.5 Å². The molecule has 0 bridgehead atoms. The maximum Gasteiger partial charge on any atom is 0.120 e. The minimum absolute atomic E-state index is 0.659. The van der Waals surface area contributed by atoms with Crippen molar-refractivity contribution in [1.29, 1.82) is 0 Å². The standard InChI is InChI=1S/C16H17NOS/c1-18-13-6-7-15(17)16(9-13)19-10-12-8-11-4-2-3-5-14(11)12/h2-7,9,12H,8,10,17H2,1H3. The zero-order valence-electron chi connectivity index (χ0n) is 10.9. The van der Waals surface area contributed by atoms with Gasteiger partial charge in [-0.2, -0.15) is 0 Å². The molecule has 3 rings (SSSR count). The lowest BCUT2D eigenvalue weighted by Crippen LogP contribution is -2.18. The van der Waals surface area contributed by atoms with Gasteiger partial charge in [0, 0.05) is 16.3 Å². The van der Waals surface area contributed by atoms with Gasteiger partial charge in [-0.05, 0) is 41.7 Å².